The molecule has 3 heteroatoms. The summed E-state index contributed by atoms with van der Waals surface area (Å²) in [7, 11) is 0. The molecular formula is C23H27NOS. The van der Waals surface area contributed by atoms with Crippen LogP contribution in [0.25, 0.3) is 10.1 Å². The molecule has 1 heterocycles. The van der Waals surface area contributed by atoms with Crippen molar-refractivity contribution >= 4 is 21.4 Å². The van der Waals surface area contributed by atoms with Gasteiger partial charge < -0.3 is 5.11 Å². The molecule has 0 spiro atoms. The number of hydrogen-bond donors (Lipinski definition) is 1. The van der Waals surface area contributed by atoms with E-state index in [-0.39, 0.29) is 0 Å². The van der Waals surface area contributed by atoms with Crippen LogP contribution in [0, 0.1) is 0 Å². The average Bonchev–Trinajstić information content (AvgIpc) is 3.08. The summed E-state index contributed by atoms with van der Waals surface area (Å²) in [5.74, 6) is 0.479. The Morgan fingerprint density at radius 1 is 1.12 bits per heavy atom. The average molecular weight is 366 g/mol. The second-order valence-electron chi connectivity index (χ2n) is 7.35. The van der Waals surface area contributed by atoms with Crippen molar-refractivity contribution in [3.8, 4) is 5.75 Å². The molecule has 1 aliphatic rings. The lowest BCUT2D eigenvalue weighted by atomic mass is 9.86. The molecule has 136 valence electrons. The van der Waals surface area contributed by atoms with Crippen LogP contribution in [0.1, 0.15) is 36.5 Å². The van der Waals surface area contributed by atoms with Crippen molar-refractivity contribution in [1.82, 2.24) is 4.90 Å². The number of benzene rings is 2. The lowest BCUT2D eigenvalue weighted by Gasteiger charge is -2.35. The highest BCUT2D eigenvalue weighted by Gasteiger charge is 2.25. The van der Waals surface area contributed by atoms with Crippen LogP contribution in [-0.2, 0) is 19.3 Å². The number of phenolic OH excluding ortho intramolecular Hbond substituents is 1. The van der Waals surface area contributed by atoms with Crippen LogP contribution >= 0.6 is 11.3 Å². The van der Waals surface area contributed by atoms with Gasteiger partial charge in [-0.3, -0.25) is 4.90 Å². The molecule has 0 saturated heterocycles. The molecule has 2 aromatic carbocycles. The molecule has 0 bridgehead atoms. The van der Waals surface area contributed by atoms with E-state index in [1.54, 1.807) is 0 Å². The third-order valence-electron chi connectivity index (χ3n) is 5.69. The summed E-state index contributed by atoms with van der Waals surface area (Å²) in [6, 6.07) is 15.3. The molecule has 1 aromatic heterocycles. The first kappa shape index (κ1) is 17.6. The van der Waals surface area contributed by atoms with Crippen molar-refractivity contribution in [3.05, 3.63) is 64.5 Å². The van der Waals surface area contributed by atoms with Crippen molar-refractivity contribution < 1.29 is 5.11 Å². The van der Waals surface area contributed by atoms with E-state index in [0.29, 0.717) is 11.8 Å². The van der Waals surface area contributed by atoms with Crippen LogP contribution in [0.4, 0.5) is 0 Å². The highest BCUT2D eigenvalue weighted by molar-refractivity contribution is 7.17. The Bertz CT molecular complexity index is 885. The summed E-state index contributed by atoms with van der Waals surface area (Å²) in [4.78, 5) is 2.68. The molecule has 3 aromatic rings. The maximum atomic E-state index is 10.1. The van der Waals surface area contributed by atoms with Gasteiger partial charge in [0, 0.05) is 17.3 Å². The zero-order valence-corrected chi connectivity index (χ0v) is 16.3. The van der Waals surface area contributed by atoms with Gasteiger partial charge in [0.25, 0.3) is 0 Å². The molecule has 0 amide bonds. The molecule has 1 unspecified atom stereocenters. The van der Waals surface area contributed by atoms with Gasteiger partial charge in [-0.2, -0.15) is 0 Å². The molecule has 0 radical (unpaired) electrons. The summed E-state index contributed by atoms with van der Waals surface area (Å²) in [5.41, 5.74) is 3.99. The van der Waals surface area contributed by atoms with Gasteiger partial charge in [-0.25, -0.2) is 0 Å². The van der Waals surface area contributed by atoms with Gasteiger partial charge in [-0.05, 0) is 78.2 Å². The van der Waals surface area contributed by atoms with Gasteiger partial charge in [-0.15, -0.1) is 11.3 Å². The number of thiophene rings is 1. The van der Waals surface area contributed by atoms with E-state index in [0.717, 1.165) is 38.8 Å². The Balaban J connectivity index is 1.48. The van der Waals surface area contributed by atoms with Crippen LogP contribution in [0.15, 0.2) is 47.8 Å². The van der Waals surface area contributed by atoms with E-state index in [2.05, 4.69) is 47.5 Å². The number of nitrogens with zero attached hydrogens (tertiary/aromatic N) is 1. The smallest absolute Gasteiger partial charge is 0.119 e. The van der Waals surface area contributed by atoms with Crippen LogP contribution in [0.3, 0.4) is 0 Å². The summed E-state index contributed by atoms with van der Waals surface area (Å²) in [5, 5.41) is 13.9. The number of aromatic hydroxyl groups is 1. The Morgan fingerprint density at radius 2 is 2.00 bits per heavy atom. The lowest BCUT2D eigenvalue weighted by Crippen LogP contribution is -2.41. The van der Waals surface area contributed by atoms with Crippen LogP contribution in [0.2, 0.25) is 0 Å². The summed E-state index contributed by atoms with van der Waals surface area (Å²) in [6.45, 7) is 4.55. The van der Waals surface area contributed by atoms with E-state index < -0.39 is 0 Å². The SMILES string of the molecule is CCCN(CCc1csc2ccccc12)C1CCc2c(O)cccc2C1. The Hall–Kier alpha value is -1.84. The molecule has 4 rings (SSSR count). The van der Waals surface area contributed by atoms with Crippen LogP contribution < -0.4 is 0 Å². The van der Waals surface area contributed by atoms with Crippen molar-refractivity contribution in [2.45, 2.75) is 45.1 Å². The molecule has 0 aliphatic heterocycles. The highest BCUT2D eigenvalue weighted by Crippen LogP contribution is 2.31. The summed E-state index contributed by atoms with van der Waals surface area (Å²) >= 11 is 1.86. The van der Waals surface area contributed by atoms with Gasteiger partial charge in [0.05, 0.1) is 0 Å². The number of fused-ring (bicyclic) bond motifs is 2. The zero-order valence-electron chi connectivity index (χ0n) is 15.4. The van der Waals surface area contributed by atoms with E-state index in [9.17, 15) is 5.11 Å². The molecule has 1 atom stereocenters. The van der Waals surface area contributed by atoms with Gasteiger partial charge >= 0.3 is 0 Å². The maximum Gasteiger partial charge on any atom is 0.119 e. The van der Waals surface area contributed by atoms with Crippen molar-refractivity contribution in [1.29, 1.82) is 0 Å². The third-order valence-corrected chi connectivity index (χ3v) is 6.70. The number of phenols is 1. The minimum absolute atomic E-state index is 0.479. The van der Waals surface area contributed by atoms with Crippen molar-refractivity contribution in [3.63, 3.8) is 0 Å². The largest absolute Gasteiger partial charge is 0.508 e. The quantitative estimate of drug-likeness (QED) is 0.630. The van der Waals surface area contributed by atoms with E-state index in [1.807, 2.05) is 23.5 Å². The predicted molar refractivity (Wildman–Crippen MR) is 111 cm³/mol. The van der Waals surface area contributed by atoms with Gasteiger partial charge in [0.1, 0.15) is 5.75 Å². The fourth-order valence-electron chi connectivity index (χ4n) is 4.33. The van der Waals surface area contributed by atoms with E-state index in [1.165, 1.54) is 33.2 Å². The summed E-state index contributed by atoms with van der Waals surface area (Å²) < 4.78 is 1.40. The first-order valence-corrected chi connectivity index (χ1v) is 10.6. The Kier molecular flexibility index (Phi) is 5.28. The van der Waals surface area contributed by atoms with Gasteiger partial charge in [-0.1, -0.05) is 37.3 Å². The second kappa shape index (κ2) is 7.81. The van der Waals surface area contributed by atoms with E-state index >= 15 is 0 Å². The number of rotatable bonds is 6. The van der Waals surface area contributed by atoms with E-state index in [4.69, 9.17) is 0 Å². The highest BCUT2D eigenvalue weighted by atomic mass is 32.1. The van der Waals surface area contributed by atoms with Crippen molar-refractivity contribution in [2.75, 3.05) is 13.1 Å². The minimum atomic E-state index is 0.479. The molecule has 1 N–H and O–H groups in total. The molecule has 0 fully saturated rings. The fraction of sp³-hybridized carbons (Fsp3) is 0.391. The van der Waals surface area contributed by atoms with Crippen LogP contribution in [-0.4, -0.2) is 29.1 Å². The lowest BCUT2D eigenvalue weighted by molar-refractivity contribution is 0.181. The monoisotopic (exact) mass is 365 g/mol. The van der Waals surface area contributed by atoms with Gasteiger partial charge in [0.15, 0.2) is 0 Å². The zero-order chi connectivity index (χ0) is 17.9. The summed E-state index contributed by atoms with van der Waals surface area (Å²) in [6.07, 6.45) is 5.51. The number of hydrogen-bond acceptors (Lipinski definition) is 3. The Morgan fingerprint density at radius 3 is 2.88 bits per heavy atom. The Labute approximate surface area is 160 Å². The fourth-order valence-corrected chi connectivity index (χ4v) is 5.33. The molecular weight excluding hydrogens is 338 g/mol. The minimum Gasteiger partial charge on any atom is -0.508 e. The third kappa shape index (κ3) is 3.51. The molecule has 1 aliphatic carbocycles. The molecule has 2 nitrogen and oxygen atoms in total. The first-order valence-electron chi connectivity index (χ1n) is 9.75. The van der Waals surface area contributed by atoms with Gasteiger partial charge in [0.2, 0.25) is 0 Å². The van der Waals surface area contributed by atoms with Crippen LogP contribution in [0.5, 0.6) is 5.75 Å². The predicted octanol–water partition coefficient (Wildman–Crippen LogP) is 5.42. The maximum absolute atomic E-state index is 10.1. The molecule has 0 saturated carbocycles. The standard InChI is InChI=1S/C23H27NOS/c1-2-13-24(14-12-18-16-26-23-9-4-3-7-21(18)23)19-10-11-20-17(15-19)6-5-8-22(20)25/h3-9,16,19,25H,2,10-15H2,1H3. The van der Waals surface area contributed by atoms with Crippen molar-refractivity contribution in [2.24, 2.45) is 0 Å². The second-order valence-corrected chi connectivity index (χ2v) is 8.27. The molecule has 26 heavy (non-hydrogen) atoms. The normalized spacial score (nSPS) is 16.9. The first-order chi connectivity index (χ1) is 12.8. The topological polar surface area (TPSA) is 23.5 Å².